The number of hydrogen-bond donors (Lipinski definition) is 2. The minimum absolute atomic E-state index is 0.204. The fourth-order valence-corrected chi connectivity index (χ4v) is 0.164. The maximum Gasteiger partial charge on any atom is 0.257 e. The summed E-state index contributed by atoms with van der Waals surface area (Å²) in [5.41, 5.74) is 4.82. The van der Waals surface area contributed by atoms with E-state index in [-0.39, 0.29) is 13.0 Å². The van der Waals surface area contributed by atoms with Crippen molar-refractivity contribution in [3.63, 3.8) is 0 Å². The standard InChI is InChI=1S/C3H7N3O2/c4-1-3(8)6(5)2-7/h2H,1,4-5H2. The van der Waals surface area contributed by atoms with Crippen molar-refractivity contribution in [2.75, 3.05) is 6.54 Å². The van der Waals surface area contributed by atoms with Crippen LogP contribution >= 0.6 is 0 Å². The summed E-state index contributed by atoms with van der Waals surface area (Å²) < 4.78 is 0. The van der Waals surface area contributed by atoms with Gasteiger partial charge in [-0.3, -0.25) is 9.59 Å². The minimum atomic E-state index is -0.597. The van der Waals surface area contributed by atoms with Gasteiger partial charge >= 0.3 is 0 Å². The van der Waals surface area contributed by atoms with Gasteiger partial charge < -0.3 is 5.73 Å². The zero-order valence-electron chi connectivity index (χ0n) is 4.20. The van der Waals surface area contributed by atoms with Gasteiger partial charge in [0.1, 0.15) is 0 Å². The maximum absolute atomic E-state index is 10.2. The molecule has 0 spiro atoms. The Hall–Kier alpha value is -0.940. The topological polar surface area (TPSA) is 89.4 Å². The lowest BCUT2D eigenvalue weighted by Gasteiger charge is -2.03. The Bertz CT molecular complexity index is 103. The van der Waals surface area contributed by atoms with Crippen molar-refractivity contribution in [2.24, 2.45) is 11.6 Å². The van der Waals surface area contributed by atoms with Crippen molar-refractivity contribution in [1.29, 1.82) is 0 Å². The van der Waals surface area contributed by atoms with Gasteiger partial charge in [0.25, 0.3) is 5.91 Å². The maximum atomic E-state index is 10.2. The van der Waals surface area contributed by atoms with E-state index >= 15 is 0 Å². The largest absolute Gasteiger partial charge is 0.322 e. The van der Waals surface area contributed by atoms with Crippen LogP contribution in [0.1, 0.15) is 0 Å². The van der Waals surface area contributed by atoms with Crippen LogP contribution in [0.2, 0.25) is 0 Å². The molecule has 0 aromatic rings. The molecule has 5 heteroatoms. The molecule has 0 saturated carbocycles. The van der Waals surface area contributed by atoms with Crippen LogP contribution in [0.15, 0.2) is 0 Å². The van der Waals surface area contributed by atoms with E-state index in [1.165, 1.54) is 0 Å². The lowest BCUT2D eigenvalue weighted by atomic mass is 10.6. The number of rotatable bonds is 2. The predicted molar refractivity (Wildman–Crippen MR) is 26.2 cm³/mol. The first kappa shape index (κ1) is 7.06. The summed E-state index contributed by atoms with van der Waals surface area (Å²) in [6, 6.07) is 0. The molecule has 0 heterocycles. The molecule has 4 N–H and O–H groups in total. The predicted octanol–water partition coefficient (Wildman–Crippen LogP) is -2.20. The monoisotopic (exact) mass is 117 g/mol. The first-order valence-corrected chi connectivity index (χ1v) is 1.94. The molecule has 0 aromatic heterocycles. The lowest BCUT2D eigenvalue weighted by Crippen LogP contribution is -2.40. The number of imide groups is 1. The molecule has 0 aliphatic carbocycles. The number of amides is 2. The summed E-state index contributed by atoms with van der Waals surface area (Å²) in [6.45, 7) is -0.241. The molecule has 0 aliphatic heterocycles. The van der Waals surface area contributed by atoms with Crippen LogP contribution < -0.4 is 11.6 Å². The van der Waals surface area contributed by atoms with E-state index in [9.17, 15) is 9.59 Å². The van der Waals surface area contributed by atoms with Gasteiger partial charge in [0, 0.05) is 0 Å². The molecule has 0 aliphatic rings. The number of nitrogens with two attached hydrogens (primary N) is 2. The van der Waals surface area contributed by atoms with Crippen LogP contribution in [-0.4, -0.2) is 23.9 Å². The second-order valence-electron chi connectivity index (χ2n) is 1.11. The summed E-state index contributed by atoms with van der Waals surface area (Å²) in [6.07, 6.45) is 0.204. The van der Waals surface area contributed by atoms with Gasteiger partial charge in [-0.15, -0.1) is 0 Å². The highest BCUT2D eigenvalue weighted by Gasteiger charge is 2.02. The van der Waals surface area contributed by atoms with Crippen molar-refractivity contribution in [3.8, 4) is 0 Å². The fourth-order valence-electron chi connectivity index (χ4n) is 0.164. The van der Waals surface area contributed by atoms with Crippen LogP contribution in [0.25, 0.3) is 0 Å². The van der Waals surface area contributed by atoms with Crippen molar-refractivity contribution in [1.82, 2.24) is 5.01 Å². The van der Waals surface area contributed by atoms with Crippen molar-refractivity contribution < 1.29 is 9.59 Å². The molecule has 0 saturated heterocycles. The molecule has 0 fully saturated rings. The Morgan fingerprint density at radius 1 is 1.75 bits per heavy atom. The zero-order chi connectivity index (χ0) is 6.57. The number of hydrazine groups is 1. The molecule has 0 rings (SSSR count). The van der Waals surface area contributed by atoms with Crippen molar-refractivity contribution >= 4 is 12.3 Å². The summed E-state index contributed by atoms with van der Waals surface area (Å²) in [5.74, 6) is 4.17. The fraction of sp³-hybridized carbons (Fsp3) is 0.333. The highest BCUT2D eigenvalue weighted by atomic mass is 16.2. The summed E-state index contributed by atoms with van der Waals surface area (Å²) in [4.78, 5) is 19.8. The van der Waals surface area contributed by atoms with E-state index in [1.807, 2.05) is 0 Å². The highest BCUT2D eigenvalue weighted by molar-refractivity contribution is 5.86. The summed E-state index contributed by atoms with van der Waals surface area (Å²) in [7, 11) is 0. The second-order valence-corrected chi connectivity index (χ2v) is 1.11. The molecule has 0 unspecified atom stereocenters. The molecule has 0 radical (unpaired) electrons. The molecular weight excluding hydrogens is 110 g/mol. The molecule has 0 bridgehead atoms. The van der Waals surface area contributed by atoms with Crippen LogP contribution in [0, 0.1) is 0 Å². The average Bonchev–Trinajstić information content (AvgIpc) is 1.84. The third-order valence-corrected chi connectivity index (χ3v) is 0.576. The van der Waals surface area contributed by atoms with E-state index in [0.717, 1.165) is 0 Å². The lowest BCUT2D eigenvalue weighted by molar-refractivity contribution is -0.137. The van der Waals surface area contributed by atoms with Gasteiger partial charge in [0.15, 0.2) is 0 Å². The smallest absolute Gasteiger partial charge is 0.257 e. The second kappa shape index (κ2) is 3.11. The molecule has 0 aromatic carbocycles. The van der Waals surface area contributed by atoms with Gasteiger partial charge in [-0.25, -0.2) is 10.9 Å². The van der Waals surface area contributed by atoms with Crippen molar-refractivity contribution in [2.45, 2.75) is 0 Å². The Labute approximate surface area is 46.2 Å². The van der Waals surface area contributed by atoms with E-state index in [1.54, 1.807) is 0 Å². The highest BCUT2D eigenvalue weighted by Crippen LogP contribution is 1.66. The van der Waals surface area contributed by atoms with Gasteiger partial charge in [-0.1, -0.05) is 0 Å². The van der Waals surface area contributed by atoms with E-state index in [0.29, 0.717) is 5.01 Å². The number of nitrogens with zero attached hydrogens (tertiary/aromatic N) is 1. The molecule has 46 valence electrons. The zero-order valence-corrected chi connectivity index (χ0v) is 4.20. The van der Waals surface area contributed by atoms with E-state index in [4.69, 9.17) is 11.6 Å². The molecule has 2 amide bonds. The minimum Gasteiger partial charge on any atom is -0.322 e. The van der Waals surface area contributed by atoms with Crippen molar-refractivity contribution in [3.05, 3.63) is 0 Å². The normalized spacial score (nSPS) is 8.25. The Kier molecular flexibility index (Phi) is 2.75. The van der Waals surface area contributed by atoms with Gasteiger partial charge in [-0.05, 0) is 0 Å². The van der Waals surface area contributed by atoms with E-state index < -0.39 is 5.91 Å². The van der Waals surface area contributed by atoms with Gasteiger partial charge in [-0.2, -0.15) is 0 Å². The first-order valence-electron chi connectivity index (χ1n) is 1.94. The Morgan fingerprint density at radius 2 is 2.25 bits per heavy atom. The number of carbonyl (C=O) groups is 2. The van der Waals surface area contributed by atoms with E-state index in [2.05, 4.69) is 0 Å². The molecule has 8 heavy (non-hydrogen) atoms. The third-order valence-electron chi connectivity index (χ3n) is 0.576. The summed E-state index contributed by atoms with van der Waals surface area (Å²) in [5, 5.41) is 0.403. The SMILES string of the molecule is NCC(=O)N(N)C=O. The van der Waals surface area contributed by atoms with Crippen LogP contribution in [-0.2, 0) is 9.59 Å². The molecule has 5 nitrogen and oxygen atoms in total. The number of hydrogen-bond acceptors (Lipinski definition) is 4. The quantitative estimate of drug-likeness (QED) is 0.186. The summed E-state index contributed by atoms with van der Waals surface area (Å²) >= 11 is 0. The number of carbonyl (C=O) groups excluding carboxylic acids is 2. The first-order chi connectivity index (χ1) is 3.72. The molecule has 0 atom stereocenters. The Morgan fingerprint density at radius 3 is 2.38 bits per heavy atom. The average molecular weight is 117 g/mol. The van der Waals surface area contributed by atoms with Crippen LogP contribution in [0.5, 0.6) is 0 Å². The van der Waals surface area contributed by atoms with Crippen LogP contribution in [0.4, 0.5) is 0 Å². The van der Waals surface area contributed by atoms with Gasteiger partial charge in [0.2, 0.25) is 6.41 Å². The van der Waals surface area contributed by atoms with Crippen LogP contribution in [0.3, 0.4) is 0 Å². The van der Waals surface area contributed by atoms with Gasteiger partial charge in [0.05, 0.1) is 6.54 Å². The molecular formula is C3H7N3O2. The Balaban J connectivity index is 3.62. The third kappa shape index (κ3) is 1.67.